The van der Waals surface area contributed by atoms with E-state index in [0.717, 1.165) is 11.1 Å². The van der Waals surface area contributed by atoms with E-state index in [-0.39, 0.29) is 12.5 Å². The van der Waals surface area contributed by atoms with E-state index in [2.05, 4.69) is 5.32 Å². The van der Waals surface area contributed by atoms with Crippen LogP contribution in [0, 0.1) is 0 Å². The summed E-state index contributed by atoms with van der Waals surface area (Å²) in [4.78, 5) is 26.6. The van der Waals surface area contributed by atoms with Crippen LogP contribution in [0.1, 0.15) is 11.1 Å². The Kier molecular flexibility index (Phi) is 3.65. The molecule has 1 aliphatic rings. The van der Waals surface area contributed by atoms with E-state index < -0.39 is 11.6 Å². The number of rotatable bonds is 4. The molecule has 0 saturated carbocycles. The number of carbonyl (C=O) groups is 2. The Labute approximate surface area is 128 Å². The Bertz CT molecular complexity index is 646. The van der Waals surface area contributed by atoms with Crippen LogP contribution < -0.4 is 11.1 Å². The van der Waals surface area contributed by atoms with Crippen LogP contribution >= 0.6 is 0 Å². The number of benzene rings is 2. The first kappa shape index (κ1) is 14.3. The Morgan fingerprint density at radius 1 is 0.909 bits per heavy atom. The van der Waals surface area contributed by atoms with Gasteiger partial charge in [-0.2, -0.15) is 0 Å². The minimum atomic E-state index is -1.17. The molecule has 0 aromatic heterocycles. The van der Waals surface area contributed by atoms with Crippen molar-refractivity contribution in [3.63, 3.8) is 0 Å². The van der Waals surface area contributed by atoms with Crippen LogP contribution in [0.15, 0.2) is 60.7 Å². The van der Waals surface area contributed by atoms with Gasteiger partial charge in [0.1, 0.15) is 0 Å². The first-order valence-corrected chi connectivity index (χ1v) is 7.15. The molecule has 0 bridgehead atoms. The third-order valence-corrected chi connectivity index (χ3v) is 3.93. The summed E-state index contributed by atoms with van der Waals surface area (Å²) in [6.07, 6.45) is 0. The first-order chi connectivity index (χ1) is 10.7. The molecular weight excluding hydrogens is 278 g/mol. The highest BCUT2D eigenvalue weighted by Gasteiger charge is 2.54. The summed E-state index contributed by atoms with van der Waals surface area (Å²) in [6.45, 7) is 0.573. The molecule has 3 rings (SSSR count). The fourth-order valence-electron chi connectivity index (χ4n) is 3.03. The summed E-state index contributed by atoms with van der Waals surface area (Å²) in [7, 11) is 0. The topological polar surface area (TPSA) is 75.4 Å². The Morgan fingerprint density at radius 2 is 1.41 bits per heavy atom. The highest BCUT2D eigenvalue weighted by Crippen LogP contribution is 2.39. The average Bonchev–Trinajstić information content (AvgIpc) is 2.81. The SMILES string of the molecule is NCCN1C(=O)NC(=O)C1(c1ccccc1)c1ccccc1. The molecule has 1 saturated heterocycles. The molecule has 22 heavy (non-hydrogen) atoms. The fourth-order valence-corrected chi connectivity index (χ4v) is 3.03. The van der Waals surface area contributed by atoms with Gasteiger partial charge in [0, 0.05) is 13.1 Å². The number of carbonyl (C=O) groups excluding carboxylic acids is 2. The standard InChI is InChI=1S/C17H17N3O2/c18-11-12-20-16(22)19-15(21)17(20,13-7-3-1-4-8-13)14-9-5-2-6-10-14/h1-10H,11-12,18H2,(H,19,21,22). The van der Waals surface area contributed by atoms with Gasteiger partial charge in [-0.25, -0.2) is 4.79 Å². The van der Waals surface area contributed by atoms with Crippen molar-refractivity contribution in [3.8, 4) is 0 Å². The predicted molar refractivity (Wildman–Crippen MR) is 83.0 cm³/mol. The van der Waals surface area contributed by atoms with Crippen LogP contribution in [0.3, 0.4) is 0 Å². The lowest BCUT2D eigenvalue weighted by Crippen LogP contribution is -2.49. The summed E-state index contributed by atoms with van der Waals surface area (Å²) in [5, 5.41) is 2.43. The lowest BCUT2D eigenvalue weighted by atomic mass is 9.81. The van der Waals surface area contributed by atoms with Crippen LogP contribution in [0.4, 0.5) is 4.79 Å². The third-order valence-electron chi connectivity index (χ3n) is 3.93. The zero-order valence-corrected chi connectivity index (χ0v) is 12.0. The van der Waals surface area contributed by atoms with Crippen molar-refractivity contribution >= 4 is 11.9 Å². The van der Waals surface area contributed by atoms with Crippen LogP contribution in [-0.4, -0.2) is 29.9 Å². The maximum atomic E-state index is 12.8. The van der Waals surface area contributed by atoms with E-state index in [1.807, 2.05) is 60.7 Å². The minimum Gasteiger partial charge on any atom is -0.329 e. The fraction of sp³-hybridized carbons (Fsp3) is 0.176. The van der Waals surface area contributed by atoms with Gasteiger partial charge in [0.2, 0.25) is 0 Å². The second kappa shape index (κ2) is 5.61. The number of nitrogens with zero attached hydrogens (tertiary/aromatic N) is 1. The molecule has 0 unspecified atom stereocenters. The normalized spacial score (nSPS) is 16.7. The number of hydrogen-bond donors (Lipinski definition) is 2. The third kappa shape index (κ3) is 1.98. The van der Waals surface area contributed by atoms with Crippen LogP contribution in [0.25, 0.3) is 0 Å². The summed E-state index contributed by atoms with van der Waals surface area (Å²) in [5.41, 5.74) is 5.99. The Morgan fingerprint density at radius 3 is 1.86 bits per heavy atom. The van der Waals surface area contributed by atoms with Gasteiger partial charge < -0.3 is 10.6 Å². The van der Waals surface area contributed by atoms with Crippen molar-refractivity contribution in [2.24, 2.45) is 5.73 Å². The van der Waals surface area contributed by atoms with Gasteiger partial charge in [-0.05, 0) is 11.1 Å². The molecule has 0 radical (unpaired) electrons. The van der Waals surface area contributed by atoms with Crippen LogP contribution in [0.2, 0.25) is 0 Å². The number of urea groups is 1. The van der Waals surface area contributed by atoms with Gasteiger partial charge in [-0.3, -0.25) is 10.1 Å². The maximum absolute atomic E-state index is 12.8. The van der Waals surface area contributed by atoms with Crippen molar-refractivity contribution < 1.29 is 9.59 Å². The van der Waals surface area contributed by atoms with E-state index >= 15 is 0 Å². The van der Waals surface area contributed by atoms with Crippen LogP contribution in [-0.2, 0) is 10.3 Å². The lowest BCUT2D eigenvalue weighted by molar-refractivity contribution is -0.125. The second-order valence-electron chi connectivity index (χ2n) is 5.14. The Hall–Kier alpha value is -2.66. The molecule has 5 heteroatoms. The van der Waals surface area contributed by atoms with Gasteiger partial charge in [-0.15, -0.1) is 0 Å². The van der Waals surface area contributed by atoms with Crippen molar-refractivity contribution in [2.45, 2.75) is 5.54 Å². The van der Waals surface area contributed by atoms with Gasteiger partial charge in [0.15, 0.2) is 5.54 Å². The van der Waals surface area contributed by atoms with E-state index in [9.17, 15) is 9.59 Å². The van der Waals surface area contributed by atoms with Crippen LogP contribution in [0.5, 0.6) is 0 Å². The summed E-state index contributed by atoms with van der Waals surface area (Å²) < 4.78 is 0. The molecule has 0 atom stereocenters. The first-order valence-electron chi connectivity index (χ1n) is 7.15. The zero-order chi connectivity index (χ0) is 15.6. The van der Waals surface area contributed by atoms with Gasteiger partial charge in [0.05, 0.1) is 0 Å². The molecule has 2 aromatic rings. The molecule has 3 N–H and O–H groups in total. The summed E-state index contributed by atoms with van der Waals surface area (Å²) in [5.74, 6) is -0.344. The van der Waals surface area contributed by atoms with Crippen molar-refractivity contribution in [3.05, 3.63) is 71.8 Å². The molecule has 0 aliphatic carbocycles. The van der Waals surface area contributed by atoms with E-state index in [4.69, 9.17) is 5.73 Å². The van der Waals surface area contributed by atoms with E-state index in [0.29, 0.717) is 6.54 Å². The molecule has 3 amide bonds. The quantitative estimate of drug-likeness (QED) is 0.838. The van der Waals surface area contributed by atoms with Gasteiger partial charge in [-0.1, -0.05) is 60.7 Å². The predicted octanol–water partition coefficient (Wildman–Crippen LogP) is 1.44. The summed E-state index contributed by atoms with van der Waals surface area (Å²) in [6, 6.07) is 18.2. The highest BCUT2D eigenvalue weighted by molar-refractivity contribution is 6.09. The molecule has 112 valence electrons. The maximum Gasteiger partial charge on any atom is 0.325 e. The smallest absolute Gasteiger partial charge is 0.325 e. The monoisotopic (exact) mass is 295 g/mol. The number of nitrogens with two attached hydrogens (primary N) is 1. The molecular formula is C17H17N3O2. The summed E-state index contributed by atoms with van der Waals surface area (Å²) >= 11 is 0. The largest absolute Gasteiger partial charge is 0.329 e. The van der Waals surface area contributed by atoms with Gasteiger partial charge in [0.25, 0.3) is 5.91 Å². The highest BCUT2D eigenvalue weighted by atomic mass is 16.2. The number of hydrogen-bond acceptors (Lipinski definition) is 3. The van der Waals surface area contributed by atoms with Crippen molar-refractivity contribution in [1.82, 2.24) is 10.2 Å². The zero-order valence-electron chi connectivity index (χ0n) is 12.0. The molecule has 2 aromatic carbocycles. The molecule has 1 heterocycles. The molecule has 1 aliphatic heterocycles. The van der Waals surface area contributed by atoms with E-state index in [1.165, 1.54) is 4.90 Å². The van der Waals surface area contributed by atoms with Crippen molar-refractivity contribution in [2.75, 3.05) is 13.1 Å². The van der Waals surface area contributed by atoms with E-state index in [1.54, 1.807) is 0 Å². The number of nitrogens with one attached hydrogen (secondary N) is 1. The van der Waals surface area contributed by atoms with Crippen molar-refractivity contribution in [1.29, 1.82) is 0 Å². The van der Waals surface area contributed by atoms with Gasteiger partial charge >= 0.3 is 6.03 Å². The average molecular weight is 295 g/mol. The number of amides is 3. The number of imide groups is 1. The minimum absolute atomic E-state index is 0.280. The molecule has 1 fully saturated rings. The molecule has 0 spiro atoms. The second-order valence-corrected chi connectivity index (χ2v) is 5.14. The Balaban J connectivity index is 2.27. The molecule has 5 nitrogen and oxygen atoms in total. The lowest BCUT2D eigenvalue weighted by Gasteiger charge is -2.36.